The van der Waals surface area contributed by atoms with Gasteiger partial charge in [-0.05, 0) is 32.8 Å². The van der Waals surface area contributed by atoms with Crippen molar-refractivity contribution in [1.29, 1.82) is 0 Å². The Morgan fingerprint density at radius 1 is 1.30 bits per heavy atom. The maximum absolute atomic E-state index is 12.7. The first-order valence-corrected chi connectivity index (χ1v) is 7.78. The molecule has 0 aliphatic carbocycles. The van der Waals surface area contributed by atoms with E-state index in [0.29, 0.717) is 5.56 Å². The molecule has 6 heteroatoms. The number of nitrogens with zero attached hydrogens (tertiary/aromatic N) is 1. The normalized spacial score (nSPS) is 22.0. The van der Waals surface area contributed by atoms with Crippen molar-refractivity contribution < 1.29 is 14.4 Å². The molecule has 2 rings (SSSR count). The van der Waals surface area contributed by atoms with Crippen LogP contribution in [0.5, 0.6) is 0 Å². The van der Waals surface area contributed by atoms with Gasteiger partial charge in [-0.15, -0.1) is 0 Å². The van der Waals surface area contributed by atoms with Crippen molar-refractivity contribution in [1.82, 2.24) is 15.5 Å². The fraction of sp³-hybridized carbons (Fsp3) is 0.471. The Morgan fingerprint density at radius 2 is 1.91 bits per heavy atom. The van der Waals surface area contributed by atoms with Crippen LogP contribution in [0.4, 0.5) is 4.79 Å². The summed E-state index contributed by atoms with van der Waals surface area (Å²) in [6, 6.07) is 6.87. The van der Waals surface area contributed by atoms with E-state index in [-0.39, 0.29) is 18.5 Å². The molecule has 1 aliphatic heterocycles. The van der Waals surface area contributed by atoms with Crippen molar-refractivity contribution in [2.24, 2.45) is 0 Å². The molecule has 0 saturated carbocycles. The number of urea groups is 1. The molecule has 1 saturated heterocycles. The molecule has 1 aromatic rings. The summed E-state index contributed by atoms with van der Waals surface area (Å²) in [7, 11) is 0. The lowest BCUT2D eigenvalue weighted by atomic mass is 9.91. The number of carbonyl (C=O) groups excluding carboxylic acids is 3. The molecule has 1 aliphatic rings. The number of carbonyl (C=O) groups is 3. The second-order valence-electron chi connectivity index (χ2n) is 6.19. The van der Waals surface area contributed by atoms with Gasteiger partial charge in [-0.25, -0.2) is 4.79 Å². The van der Waals surface area contributed by atoms with E-state index < -0.39 is 17.5 Å². The van der Waals surface area contributed by atoms with E-state index in [9.17, 15) is 14.4 Å². The van der Waals surface area contributed by atoms with E-state index in [1.54, 1.807) is 6.92 Å². The van der Waals surface area contributed by atoms with Gasteiger partial charge < -0.3 is 10.6 Å². The van der Waals surface area contributed by atoms with Crippen LogP contribution >= 0.6 is 0 Å². The minimum absolute atomic E-state index is 0.00625. The van der Waals surface area contributed by atoms with Gasteiger partial charge in [-0.3, -0.25) is 14.5 Å². The molecule has 1 heterocycles. The molecule has 0 radical (unpaired) electrons. The third-order valence-electron chi connectivity index (χ3n) is 4.23. The van der Waals surface area contributed by atoms with Gasteiger partial charge in [0.1, 0.15) is 12.1 Å². The average Bonchev–Trinajstić information content (AvgIpc) is 2.72. The Morgan fingerprint density at radius 3 is 2.48 bits per heavy atom. The van der Waals surface area contributed by atoms with Gasteiger partial charge in [0.05, 0.1) is 0 Å². The fourth-order valence-electron chi connectivity index (χ4n) is 2.49. The second kappa shape index (κ2) is 6.40. The van der Waals surface area contributed by atoms with Gasteiger partial charge in [0.15, 0.2) is 0 Å². The third-order valence-corrected chi connectivity index (χ3v) is 4.23. The molecule has 6 nitrogen and oxygen atoms in total. The number of hydrogen-bond acceptors (Lipinski definition) is 3. The van der Waals surface area contributed by atoms with Gasteiger partial charge in [-0.1, -0.05) is 36.8 Å². The summed E-state index contributed by atoms with van der Waals surface area (Å²) in [5, 5.41) is 5.46. The Bertz CT molecular complexity index is 626. The second-order valence-corrected chi connectivity index (χ2v) is 6.19. The van der Waals surface area contributed by atoms with E-state index in [1.807, 2.05) is 45.0 Å². The number of amides is 4. The molecule has 2 atom stereocenters. The Labute approximate surface area is 136 Å². The molecular formula is C17H23N3O3. The predicted molar refractivity (Wildman–Crippen MR) is 86.7 cm³/mol. The standard InChI is InChI=1S/C17H23N3O3/c1-5-12(3)18-14(21)10-20-15(22)17(4,19-16(20)23)13-8-6-11(2)7-9-13/h6-9,12H,5,10H2,1-4H3,(H,18,21)(H,19,23)/t12-,17+/m1/s1. The first-order chi connectivity index (χ1) is 10.8. The number of imide groups is 1. The van der Waals surface area contributed by atoms with E-state index in [4.69, 9.17) is 0 Å². The zero-order chi connectivity index (χ0) is 17.2. The summed E-state index contributed by atoms with van der Waals surface area (Å²) in [6.07, 6.45) is 0.785. The largest absolute Gasteiger partial charge is 0.352 e. The zero-order valence-electron chi connectivity index (χ0n) is 14.0. The van der Waals surface area contributed by atoms with E-state index in [1.165, 1.54) is 0 Å². The lowest BCUT2D eigenvalue weighted by Crippen LogP contribution is -2.44. The van der Waals surface area contributed by atoms with Gasteiger partial charge in [0, 0.05) is 6.04 Å². The van der Waals surface area contributed by atoms with Crippen LogP contribution in [-0.2, 0) is 15.1 Å². The number of rotatable bonds is 5. The highest BCUT2D eigenvalue weighted by Gasteiger charge is 2.49. The Balaban J connectivity index is 2.16. The topological polar surface area (TPSA) is 78.5 Å². The minimum Gasteiger partial charge on any atom is -0.352 e. The van der Waals surface area contributed by atoms with Crippen molar-refractivity contribution in [3.05, 3.63) is 35.4 Å². The van der Waals surface area contributed by atoms with Crippen molar-refractivity contribution >= 4 is 17.8 Å². The summed E-state index contributed by atoms with van der Waals surface area (Å²) in [5.74, 6) is -0.748. The van der Waals surface area contributed by atoms with Gasteiger partial charge in [0.25, 0.3) is 5.91 Å². The molecular weight excluding hydrogens is 294 g/mol. The Hall–Kier alpha value is -2.37. The van der Waals surface area contributed by atoms with E-state index in [0.717, 1.165) is 16.9 Å². The van der Waals surface area contributed by atoms with Gasteiger partial charge >= 0.3 is 6.03 Å². The van der Waals surface area contributed by atoms with Crippen LogP contribution in [0, 0.1) is 6.92 Å². The highest BCUT2D eigenvalue weighted by atomic mass is 16.2. The molecule has 0 spiro atoms. The van der Waals surface area contributed by atoms with Crippen molar-refractivity contribution in [2.45, 2.75) is 45.7 Å². The molecule has 1 aromatic carbocycles. The molecule has 2 N–H and O–H groups in total. The number of nitrogens with one attached hydrogen (secondary N) is 2. The van der Waals surface area contributed by atoms with Gasteiger partial charge in [-0.2, -0.15) is 0 Å². The molecule has 124 valence electrons. The van der Waals surface area contributed by atoms with Gasteiger partial charge in [0.2, 0.25) is 5.91 Å². The van der Waals surface area contributed by atoms with E-state index >= 15 is 0 Å². The van der Waals surface area contributed by atoms with Crippen LogP contribution < -0.4 is 10.6 Å². The van der Waals surface area contributed by atoms with Crippen molar-refractivity contribution in [3.63, 3.8) is 0 Å². The van der Waals surface area contributed by atoms with Crippen molar-refractivity contribution in [2.75, 3.05) is 6.54 Å². The molecule has 0 bridgehead atoms. The molecule has 4 amide bonds. The van der Waals surface area contributed by atoms with Crippen LogP contribution in [0.1, 0.15) is 38.3 Å². The fourth-order valence-corrected chi connectivity index (χ4v) is 2.49. The number of hydrogen-bond donors (Lipinski definition) is 2. The Kier molecular flexibility index (Phi) is 4.73. The SMILES string of the molecule is CC[C@@H](C)NC(=O)CN1C(=O)N[C@@](C)(c2ccc(C)cc2)C1=O. The predicted octanol–water partition coefficient (Wildman–Crippen LogP) is 1.68. The van der Waals surface area contributed by atoms with Crippen LogP contribution in [0.3, 0.4) is 0 Å². The first-order valence-electron chi connectivity index (χ1n) is 7.78. The molecule has 0 aromatic heterocycles. The van der Waals surface area contributed by atoms with Crippen LogP contribution in [0.2, 0.25) is 0 Å². The number of benzene rings is 1. The van der Waals surface area contributed by atoms with Crippen LogP contribution in [-0.4, -0.2) is 35.3 Å². The summed E-state index contributed by atoms with van der Waals surface area (Å²) >= 11 is 0. The molecule has 0 unspecified atom stereocenters. The lowest BCUT2D eigenvalue weighted by Gasteiger charge is -2.22. The maximum Gasteiger partial charge on any atom is 0.325 e. The molecule has 1 fully saturated rings. The monoisotopic (exact) mass is 317 g/mol. The highest BCUT2D eigenvalue weighted by molar-refractivity contribution is 6.09. The average molecular weight is 317 g/mol. The van der Waals surface area contributed by atoms with Crippen LogP contribution in [0.15, 0.2) is 24.3 Å². The van der Waals surface area contributed by atoms with Crippen molar-refractivity contribution in [3.8, 4) is 0 Å². The maximum atomic E-state index is 12.7. The first kappa shape index (κ1) is 17.0. The molecule has 23 heavy (non-hydrogen) atoms. The quantitative estimate of drug-likeness (QED) is 0.811. The van der Waals surface area contributed by atoms with Crippen LogP contribution in [0.25, 0.3) is 0 Å². The van der Waals surface area contributed by atoms with E-state index in [2.05, 4.69) is 10.6 Å². The smallest absolute Gasteiger partial charge is 0.325 e. The number of aryl methyl sites for hydroxylation is 1. The minimum atomic E-state index is -1.14. The summed E-state index contributed by atoms with van der Waals surface area (Å²) in [6.45, 7) is 7.17. The zero-order valence-corrected chi connectivity index (χ0v) is 14.0. The lowest BCUT2D eigenvalue weighted by molar-refractivity contribution is -0.135. The summed E-state index contributed by atoms with van der Waals surface area (Å²) in [5.41, 5.74) is 0.631. The third kappa shape index (κ3) is 3.36. The highest BCUT2D eigenvalue weighted by Crippen LogP contribution is 2.28. The summed E-state index contributed by atoms with van der Waals surface area (Å²) < 4.78 is 0. The summed E-state index contributed by atoms with van der Waals surface area (Å²) in [4.78, 5) is 37.8.